The quantitative estimate of drug-likeness (QED) is 0.428. The monoisotopic (exact) mass is 404 g/mol. The predicted octanol–water partition coefficient (Wildman–Crippen LogP) is 6.84. The van der Waals surface area contributed by atoms with Gasteiger partial charge in [-0.25, -0.2) is 0 Å². The second-order valence-electron chi connectivity index (χ2n) is 7.29. The molecule has 0 spiro atoms. The van der Waals surface area contributed by atoms with Gasteiger partial charge in [-0.05, 0) is 53.6 Å². The fraction of sp³-hybridized carbons (Fsp3) is 0.409. The Kier molecular flexibility index (Phi) is 7.70. The second kappa shape index (κ2) is 9.79. The lowest BCUT2D eigenvalue weighted by atomic mass is 10.0. The summed E-state index contributed by atoms with van der Waals surface area (Å²) in [5.74, 6) is 0.730. The second-order valence-corrected chi connectivity index (χ2v) is 8.73. The van der Waals surface area contributed by atoms with Gasteiger partial charge in [0.15, 0.2) is 0 Å². The molecule has 0 atom stereocenters. The number of hydrogen-bond donors (Lipinski definition) is 0. The van der Waals surface area contributed by atoms with E-state index in [0.29, 0.717) is 29.8 Å². The zero-order chi connectivity index (χ0) is 20.7. The molecule has 0 aliphatic carbocycles. The Morgan fingerprint density at radius 3 is 1.54 bits per heavy atom. The molecule has 0 fully saturated rings. The normalized spacial score (nSPS) is 11.5. The molecule has 0 bridgehead atoms. The first-order valence-electron chi connectivity index (χ1n) is 9.64. The SMILES string of the molecule is CCCC(=O)OP(=O)(Oc1ccc(C(C)C)cc1)Oc1ccc(C(C)C)cc1. The molecule has 0 aromatic heterocycles. The summed E-state index contributed by atoms with van der Waals surface area (Å²) in [4.78, 5) is 12.0. The van der Waals surface area contributed by atoms with Gasteiger partial charge < -0.3 is 13.6 Å². The highest BCUT2D eigenvalue weighted by Crippen LogP contribution is 2.50. The number of rotatable bonds is 9. The number of hydrogen-bond acceptors (Lipinski definition) is 5. The molecule has 0 saturated heterocycles. The molecule has 0 aliphatic heterocycles. The van der Waals surface area contributed by atoms with Crippen LogP contribution in [0.3, 0.4) is 0 Å². The summed E-state index contributed by atoms with van der Waals surface area (Å²) in [6.45, 7) is 10.2. The third kappa shape index (κ3) is 6.42. The average Bonchev–Trinajstić information content (AvgIpc) is 2.62. The molecule has 0 aliphatic rings. The molecule has 0 saturated carbocycles. The van der Waals surface area contributed by atoms with Gasteiger partial charge in [0.05, 0.1) is 0 Å². The minimum absolute atomic E-state index is 0.134. The minimum atomic E-state index is -4.18. The number of carbonyl (C=O) groups is 1. The molecule has 0 unspecified atom stereocenters. The van der Waals surface area contributed by atoms with Crippen LogP contribution in [0.15, 0.2) is 48.5 Å². The topological polar surface area (TPSA) is 61.8 Å². The number of carbonyl (C=O) groups excluding carboxylic acids is 1. The number of phosphoric ester groups is 1. The van der Waals surface area contributed by atoms with Crippen LogP contribution in [0.25, 0.3) is 0 Å². The van der Waals surface area contributed by atoms with Crippen molar-refractivity contribution in [2.75, 3.05) is 0 Å². The van der Waals surface area contributed by atoms with Crippen molar-refractivity contribution in [2.45, 2.75) is 59.3 Å². The summed E-state index contributed by atoms with van der Waals surface area (Å²) >= 11 is 0. The molecule has 2 aromatic rings. The van der Waals surface area contributed by atoms with E-state index in [4.69, 9.17) is 13.6 Å². The van der Waals surface area contributed by atoms with Crippen molar-refractivity contribution in [1.29, 1.82) is 0 Å². The van der Waals surface area contributed by atoms with Crippen molar-refractivity contribution in [2.24, 2.45) is 0 Å². The largest absolute Gasteiger partial charge is 0.649 e. The van der Waals surface area contributed by atoms with Crippen LogP contribution in [0.5, 0.6) is 11.5 Å². The molecule has 5 nitrogen and oxygen atoms in total. The summed E-state index contributed by atoms with van der Waals surface area (Å²) in [7, 11) is -4.18. The lowest BCUT2D eigenvalue weighted by molar-refractivity contribution is -0.135. The minimum Gasteiger partial charge on any atom is -0.386 e. The highest BCUT2D eigenvalue weighted by atomic mass is 31.2. The first-order valence-corrected chi connectivity index (χ1v) is 11.1. The molecule has 152 valence electrons. The van der Waals surface area contributed by atoms with Crippen LogP contribution in [-0.4, -0.2) is 5.97 Å². The van der Waals surface area contributed by atoms with Crippen LogP contribution in [0.1, 0.15) is 70.4 Å². The van der Waals surface area contributed by atoms with E-state index in [-0.39, 0.29) is 6.42 Å². The lowest BCUT2D eigenvalue weighted by Crippen LogP contribution is -2.10. The molecule has 0 heterocycles. The van der Waals surface area contributed by atoms with Crippen molar-refractivity contribution in [3.05, 3.63) is 59.7 Å². The van der Waals surface area contributed by atoms with Gasteiger partial charge in [-0.15, -0.1) is 0 Å². The van der Waals surface area contributed by atoms with Crippen LogP contribution in [-0.2, 0) is 13.9 Å². The van der Waals surface area contributed by atoms with E-state index in [2.05, 4.69) is 27.7 Å². The van der Waals surface area contributed by atoms with Crippen LogP contribution < -0.4 is 9.05 Å². The van der Waals surface area contributed by atoms with E-state index in [0.717, 1.165) is 11.1 Å². The van der Waals surface area contributed by atoms with Crippen LogP contribution in [0.2, 0.25) is 0 Å². The summed E-state index contributed by atoms with van der Waals surface area (Å²) in [6.07, 6.45) is 0.709. The summed E-state index contributed by atoms with van der Waals surface area (Å²) in [6, 6.07) is 14.3. The Morgan fingerprint density at radius 2 is 1.21 bits per heavy atom. The molecular formula is C22H29O5P. The van der Waals surface area contributed by atoms with Crippen LogP contribution in [0.4, 0.5) is 0 Å². The molecule has 6 heteroatoms. The number of benzene rings is 2. The van der Waals surface area contributed by atoms with Crippen molar-refractivity contribution < 1.29 is 22.9 Å². The summed E-state index contributed by atoms with van der Waals surface area (Å²) < 4.78 is 29.4. The van der Waals surface area contributed by atoms with Crippen molar-refractivity contribution in [3.63, 3.8) is 0 Å². The maximum Gasteiger partial charge on any atom is 0.649 e. The highest BCUT2D eigenvalue weighted by molar-refractivity contribution is 7.50. The lowest BCUT2D eigenvalue weighted by Gasteiger charge is -2.19. The molecule has 0 radical (unpaired) electrons. The molecule has 0 amide bonds. The van der Waals surface area contributed by atoms with Gasteiger partial charge in [-0.1, -0.05) is 58.9 Å². The summed E-state index contributed by atoms with van der Waals surface area (Å²) in [5, 5.41) is 0. The first kappa shape index (κ1) is 22.0. The third-order valence-corrected chi connectivity index (χ3v) is 5.49. The average molecular weight is 404 g/mol. The summed E-state index contributed by atoms with van der Waals surface area (Å²) in [5.41, 5.74) is 2.24. The Balaban J connectivity index is 2.23. The van der Waals surface area contributed by atoms with Gasteiger partial charge in [-0.3, -0.25) is 4.79 Å². The fourth-order valence-electron chi connectivity index (χ4n) is 2.52. The third-order valence-electron chi connectivity index (χ3n) is 4.20. The van der Waals surface area contributed by atoms with E-state index < -0.39 is 13.8 Å². The molecule has 28 heavy (non-hydrogen) atoms. The smallest absolute Gasteiger partial charge is 0.386 e. The zero-order valence-electron chi connectivity index (χ0n) is 17.2. The predicted molar refractivity (Wildman–Crippen MR) is 111 cm³/mol. The number of phosphoric acid groups is 1. The van der Waals surface area contributed by atoms with Gasteiger partial charge in [0.2, 0.25) is 0 Å². The fourth-order valence-corrected chi connectivity index (χ4v) is 3.73. The van der Waals surface area contributed by atoms with Gasteiger partial charge >= 0.3 is 13.8 Å². The van der Waals surface area contributed by atoms with Crippen LogP contribution in [0, 0.1) is 0 Å². The standard InChI is InChI=1S/C22H29O5P/c1-6-7-22(23)27-28(24,25-20-12-8-18(9-13-20)16(2)3)26-21-14-10-19(11-15-21)17(4)5/h8-17H,6-7H2,1-5H3. The maximum atomic E-state index is 13.2. The van der Waals surface area contributed by atoms with E-state index in [1.54, 1.807) is 24.3 Å². The molecule has 0 N–H and O–H groups in total. The first-order chi connectivity index (χ1) is 13.2. The zero-order valence-corrected chi connectivity index (χ0v) is 18.1. The highest BCUT2D eigenvalue weighted by Gasteiger charge is 2.35. The molecule has 2 aromatic carbocycles. The van der Waals surface area contributed by atoms with Gasteiger partial charge in [-0.2, -0.15) is 4.57 Å². The Bertz CT molecular complexity index is 752. The van der Waals surface area contributed by atoms with E-state index >= 15 is 0 Å². The van der Waals surface area contributed by atoms with Gasteiger partial charge in [0.1, 0.15) is 11.5 Å². The van der Waals surface area contributed by atoms with E-state index in [1.165, 1.54) is 0 Å². The van der Waals surface area contributed by atoms with E-state index in [9.17, 15) is 9.36 Å². The molecule has 2 rings (SSSR count). The van der Waals surface area contributed by atoms with Gasteiger partial charge in [0, 0.05) is 6.42 Å². The van der Waals surface area contributed by atoms with Crippen molar-refractivity contribution in [1.82, 2.24) is 0 Å². The maximum absolute atomic E-state index is 13.2. The van der Waals surface area contributed by atoms with Gasteiger partial charge in [0.25, 0.3) is 0 Å². The van der Waals surface area contributed by atoms with Crippen LogP contribution >= 0.6 is 7.82 Å². The Hall–Kier alpha value is -2.26. The van der Waals surface area contributed by atoms with E-state index in [1.807, 2.05) is 31.2 Å². The van der Waals surface area contributed by atoms with Crippen molar-refractivity contribution >= 4 is 13.8 Å². The van der Waals surface area contributed by atoms with Crippen molar-refractivity contribution in [3.8, 4) is 11.5 Å². The molecular weight excluding hydrogens is 375 g/mol. The Labute approximate surface area is 167 Å². The Morgan fingerprint density at radius 1 is 0.821 bits per heavy atom.